The van der Waals surface area contributed by atoms with Gasteiger partial charge >= 0.3 is 0 Å². The van der Waals surface area contributed by atoms with Gasteiger partial charge in [-0.15, -0.1) is 0 Å². The molecular weight excluding hydrogens is 247 g/mol. The van der Waals surface area contributed by atoms with E-state index in [1.165, 1.54) is 18.2 Å². The summed E-state index contributed by atoms with van der Waals surface area (Å²) in [5, 5.41) is 2.57. The van der Waals surface area contributed by atoms with Gasteiger partial charge in [0.15, 0.2) is 0 Å². The molecule has 1 fully saturated rings. The molecule has 1 aliphatic rings. The molecule has 1 heterocycles. The summed E-state index contributed by atoms with van der Waals surface area (Å²) < 4.78 is 13.1. The van der Waals surface area contributed by atoms with Crippen molar-refractivity contribution >= 4 is 11.8 Å². The van der Waals surface area contributed by atoms with Crippen LogP contribution in [0.5, 0.6) is 0 Å². The number of hydrogen-bond donors (Lipinski definition) is 1. The highest BCUT2D eigenvalue weighted by Gasteiger charge is 2.18. The van der Waals surface area contributed by atoms with Gasteiger partial charge in [0.2, 0.25) is 5.91 Å². The van der Waals surface area contributed by atoms with Crippen LogP contribution in [-0.4, -0.2) is 36.3 Å². The predicted octanol–water partition coefficient (Wildman–Crippen LogP) is 1.49. The summed E-state index contributed by atoms with van der Waals surface area (Å²) in [5.74, 6) is -0.759. The fraction of sp³-hybridized carbons (Fsp3) is 0.429. The second kappa shape index (κ2) is 5.82. The number of hydrogen-bond acceptors (Lipinski definition) is 2. The molecule has 0 unspecified atom stereocenters. The third kappa shape index (κ3) is 3.30. The minimum absolute atomic E-state index is 0.00470. The van der Waals surface area contributed by atoms with E-state index in [1.807, 2.05) is 0 Å². The third-order valence-electron chi connectivity index (χ3n) is 3.28. The van der Waals surface area contributed by atoms with Crippen LogP contribution in [0.4, 0.5) is 4.39 Å². The molecule has 1 saturated heterocycles. The Kier molecular flexibility index (Phi) is 4.14. The molecule has 5 heteroatoms. The molecule has 0 atom stereocenters. The Morgan fingerprint density at radius 2 is 2.00 bits per heavy atom. The van der Waals surface area contributed by atoms with E-state index in [2.05, 4.69) is 5.32 Å². The summed E-state index contributed by atoms with van der Waals surface area (Å²) in [5.41, 5.74) is 0.784. The second-order valence-corrected chi connectivity index (χ2v) is 4.73. The van der Waals surface area contributed by atoms with Gasteiger partial charge in [0.1, 0.15) is 5.82 Å². The van der Waals surface area contributed by atoms with Gasteiger partial charge in [-0.1, -0.05) is 0 Å². The number of carbonyl (C=O) groups is 2. The van der Waals surface area contributed by atoms with Crippen molar-refractivity contribution in [3.05, 3.63) is 35.1 Å². The van der Waals surface area contributed by atoms with E-state index >= 15 is 0 Å². The number of halogens is 1. The Balaban J connectivity index is 1.90. The summed E-state index contributed by atoms with van der Waals surface area (Å²) >= 11 is 0. The van der Waals surface area contributed by atoms with Gasteiger partial charge < -0.3 is 10.2 Å². The fourth-order valence-corrected chi connectivity index (χ4v) is 2.12. The van der Waals surface area contributed by atoms with Crippen molar-refractivity contribution in [1.29, 1.82) is 0 Å². The smallest absolute Gasteiger partial charge is 0.251 e. The molecule has 0 aromatic heterocycles. The van der Waals surface area contributed by atoms with Crippen LogP contribution >= 0.6 is 0 Å². The molecule has 102 valence electrons. The highest BCUT2D eigenvalue weighted by Crippen LogP contribution is 2.09. The SMILES string of the molecule is Cc1cc(C(=O)NCC(=O)N2CCCC2)ccc1F. The molecule has 0 bridgehead atoms. The number of amides is 2. The van der Waals surface area contributed by atoms with E-state index in [9.17, 15) is 14.0 Å². The van der Waals surface area contributed by atoms with Crippen LogP contribution < -0.4 is 5.32 Å². The molecule has 1 aliphatic heterocycles. The molecule has 4 nitrogen and oxygen atoms in total. The molecule has 1 aromatic rings. The minimum Gasteiger partial charge on any atom is -0.343 e. The van der Waals surface area contributed by atoms with Crippen LogP contribution in [-0.2, 0) is 4.79 Å². The maximum atomic E-state index is 13.1. The van der Waals surface area contributed by atoms with Gasteiger partial charge in [-0.05, 0) is 43.5 Å². The quantitative estimate of drug-likeness (QED) is 0.899. The Morgan fingerprint density at radius 3 is 2.63 bits per heavy atom. The lowest BCUT2D eigenvalue weighted by atomic mass is 10.1. The maximum absolute atomic E-state index is 13.1. The number of rotatable bonds is 3. The van der Waals surface area contributed by atoms with Crippen LogP contribution in [0, 0.1) is 12.7 Å². The van der Waals surface area contributed by atoms with E-state index in [-0.39, 0.29) is 24.2 Å². The number of nitrogens with one attached hydrogen (secondary N) is 1. The lowest BCUT2D eigenvalue weighted by Gasteiger charge is -2.15. The summed E-state index contributed by atoms with van der Waals surface area (Å²) in [6.07, 6.45) is 2.05. The van der Waals surface area contributed by atoms with Gasteiger partial charge in [-0.3, -0.25) is 9.59 Å². The van der Waals surface area contributed by atoms with Crippen molar-refractivity contribution in [1.82, 2.24) is 10.2 Å². The van der Waals surface area contributed by atoms with Gasteiger partial charge in [0.25, 0.3) is 5.91 Å². The van der Waals surface area contributed by atoms with E-state index in [0.717, 1.165) is 25.9 Å². The van der Waals surface area contributed by atoms with Gasteiger partial charge in [0, 0.05) is 18.7 Å². The van der Waals surface area contributed by atoms with Crippen molar-refractivity contribution < 1.29 is 14.0 Å². The van der Waals surface area contributed by atoms with Crippen molar-refractivity contribution in [3.8, 4) is 0 Å². The summed E-state index contributed by atoms with van der Waals surface area (Å²) in [7, 11) is 0. The van der Waals surface area contributed by atoms with Crippen molar-refractivity contribution in [3.63, 3.8) is 0 Å². The van der Waals surface area contributed by atoms with Crippen LogP contribution in [0.15, 0.2) is 18.2 Å². The third-order valence-corrected chi connectivity index (χ3v) is 3.28. The first-order valence-electron chi connectivity index (χ1n) is 6.40. The largest absolute Gasteiger partial charge is 0.343 e. The van der Waals surface area contributed by atoms with Crippen LogP contribution in [0.1, 0.15) is 28.8 Å². The summed E-state index contributed by atoms with van der Waals surface area (Å²) in [6.45, 7) is 3.13. The molecular formula is C14H17FN2O2. The Labute approximate surface area is 111 Å². The standard InChI is InChI=1S/C14H17FN2O2/c1-10-8-11(4-5-12(10)15)14(19)16-9-13(18)17-6-2-3-7-17/h4-5,8H,2-3,6-7,9H2,1H3,(H,16,19). The topological polar surface area (TPSA) is 49.4 Å². The molecule has 0 radical (unpaired) electrons. The summed E-state index contributed by atoms with van der Waals surface area (Å²) in [6, 6.07) is 4.15. The Hall–Kier alpha value is -1.91. The first-order chi connectivity index (χ1) is 9.08. The molecule has 2 amide bonds. The summed E-state index contributed by atoms with van der Waals surface area (Å²) in [4.78, 5) is 25.3. The van der Waals surface area contributed by atoms with Crippen LogP contribution in [0.3, 0.4) is 0 Å². The average molecular weight is 264 g/mol. The zero-order valence-corrected chi connectivity index (χ0v) is 10.9. The van der Waals surface area contributed by atoms with Crippen molar-refractivity contribution in [2.75, 3.05) is 19.6 Å². The van der Waals surface area contributed by atoms with E-state index in [1.54, 1.807) is 11.8 Å². The number of aryl methyl sites for hydroxylation is 1. The highest BCUT2D eigenvalue weighted by molar-refractivity contribution is 5.96. The maximum Gasteiger partial charge on any atom is 0.251 e. The number of nitrogens with zero attached hydrogens (tertiary/aromatic N) is 1. The predicted molar refractivity (Wildman–Crippen MR) is 69.3 cm³/mol. The monoisotopic (exact) mass is 264 g/mol. The van der Waals surface area contributed by atoms with Crippen molar-refractivity contribution in [2.24, 2.45) is 0 Å². The molecule has 0 aliphatic carbocycles. The van der Waals surface area contributed by atoms with Gasteiger partial charge in [0.05, 0.1) is 6.54 Å². The number of likely N-dealkylation sites (tertiary alicyclic amines) is 1. The second-order valence-electron chi connectivity index (χ2n) is 4.73. The number of carbonyl (C=O) groups excluding carboxylic acids is 2. The van der Waals surface area contributed by atoms with E-state index in [4.69, 9.17) is 0 Å². The zero-order valence-electron chi connectivity index (χ0n) is 10.9. The van der Waals surface area contributed by atoms with Gasteiger partial charge in [-0.25, -0.2) is 4.39 Å². The molecule has 0 saturated carbocycles. The van der Waals surface area contributed by atoms with Gasteiger partial charge in [-0.2, -0.15) is 0 Å². The molecule has 2 rings (SSSR count). The molecule has 1 aromatic carbocycles. The fourth-order valence-electron chi connectivity index (χ4n) is 2.12. The molecule has 1 N–H and O–H groups in total. The van der Waals surface area contributed by atoms with Crippen molar-refractivity contribution in [2.45, 2.75) is 19.8 Å². The van der Waals surface area contributed by atoms with E-state index in [0.29, 0.717) is 11.1 Å². The number of benzene rings is 1. The Morgan fingerprint density at radius 1 is 1.32 bits per heavy atom. The Bertz CT molecular complexity index is 496. The van der Waals surface area contributed by atoms with Crippen LogP contribution in [0.2, 0.25) is 0 Å². The first-order valence-corrected chi connectivity index (χ1v) is 6.40. The molecule has 19 heavy (non-hydrogen) atoms. The minimum atomic E-state index is -0.351. The first kappa shape index (κ1) is 13.5. The van der Waals surface area contributed by atoms with Crippen LogP contribution in [0.25, 0.3) is 0 Å². The lowest BCUT2D eigenvalue weighted by Crippen LogP contribution is -2.38. The average Bonchev–Trinajstić information content (AvgIpc) is 2.92. The lowest BCUT2D eigenvalue weighted by molar-refractivity contribution is -0.129. The van der Waals surface area contributed by atoms with E-state index < -0.39 is 0 Å². The zero-order chi connectivity index (χ0) is 13.8. The normalized spacial score (nSPS) is 14.5. The highest BCUT2D eigenvalue weighted by atomic mass is 19.1. The molecule has 0 spiro atoms.